The molecule has 0 bridgehead atoms. The lowest BCUT2D eigenvalue weighted by Crippen LogP contribution is -2.03. The monoisotopic (exact) mass is 427 g/mol. The van der Waals surface area contributed by atoms with Crippen LogP contribution in [0.15, 0.2) is 48.7 Å². The van der Waals surface area contributed by atoms with E-state index in [0.29, 0.717) is 40.6 Å². The van der Waals surface area contributed by atoms with Gasteiger partial charge in [-0.1, -0.05) is 24.3 Å². The van der Waals surface area contributed by atoms with Crippen LogP contribution in [0, 0.1) is 0 Å². The molecule has 2 aromatic carbocycles. The van der Waals surface area contributed by atoms with Gasteiger partial charge in [0.25, 0.3) is 5.91 Å². The SMILES string of the molecule is COc1cc[nH]c1C=C1C(=O)Nc2ccc3[nH]c(NCc4ccc(C(C)=O)cc4)nc3c21. The predicted molar refractivity (Wildman–Crippen MR) is 124 cm³/mol. The number of methoxy groups -OCH3 is 1. The molecule has 0 spiro atoms. The molecule has 8 nitrogen and oxygen atoms in total. The number of amides is 1. The van der Waals surface area contributed by atoms with Crippen LogP contribution in [0.25, 0.3) is 22.7 Å². The molecule has 2 aromatic heterocycles. The van der Waals surface area contributed by atoms with Gasteiger partial charge in [-0.05, 0) is 36.8 Å². The van der Waals surface area contributed by atoms with Gasteiger partial charge in [0.1, 0.15) is 11.3 Å². The third-order valence-corrected chi connectivity index (χ3v) is 5.48. The first-order valence-corrected chi connectivity index (χ1v) is 10.1. The summed E-state index contributed by atoms with van der Waals surface area (Å²) in [5, 5.41) is 6.18. The zero-order valence-corrected chi connectivity index (χ0v) is 17.6. The number of ketones is 1. The number of Topliss-reactive ketones (excluding diaryl/α,β-unsaturated/α-hetero) is 1. The fourth-order valence-corrected chi connectivity index (χ4v) is 3.82. The first-order valence-electron chi connectivity index (χ1n) is 10.1. The number of nitrogens with zero attached hydrogens (tertiary/aromatic N) is 1. The average molecular weight is 427 g/mol. The molecule has 32 heavy (non-hydrogen) atoms. The Morgan fingerprint density at radius 1 is 1.16 bits per heavy atom. The van der Waals surface area contributed by atoms with Gasteiger partial charge >= 0.3 is 0 Å². The third kappa shape index (κ3) is 3.41. The minimum absolute atomic E-state index is 0.0413. The van der Waals surface area contributed by atoms with E-state index in [1.165, 1.54) is 0 Å². The van der Waals surface area contributed by atoms with Crippen LogP contribution in [-0.4, -0.2) is 33.8 Å². The Balaban J connectivity index is 1.46. The second kappa shape index (κ2) is 7.73. The smallest absolute Gasteiger partial charge is 0.256 e. The van der Waals surface area contributed by atoms with Gasteiger partial charge in [0.2, 0.25) is 5.95 Å². The number of fused-ring (bicyclic) bond motifs is 3. The lowest BCUT2D eigenvalue weighted by molar-refractivity contribution is -0.110. The molecule has 5 rings (SSSR count). The Labute approximate surface area is 183 Å². The number of imidazole rings is 1. The molecule has 0 saturated carbocycles. The largest absolute Gasteiger partial charge is 0.495 e. The molecular formula is C24H21N5O3. The van der Waals surface area contributed by atoms with E-state index < -0.39 is 0 Å². The Morgan fingerprint density at radius 3 is 2.72 bits per heavy atom. The maximum atomic E-state index is 12.7. The molecule has 0 radical (unpaired) electrons. The standard InChI is InChI=1S/C24H21N5O3/c1-13(30)15-5-3-14(4-6-15)12-26-24-28-18-8-7-17-21(22(18)29-24)16(23(31)27-17)11-19-20(32-2)9-10-25-19/h3-11,25H,12H2,1-2H3,(H,27,31)(H2,26,28,29). The highest BCUT2D eigenvalue weighted by Crippen LogP contribution is 2.39. The van der Waals surface area contributed by atoms with Crippen molar-refractivity contribution in [1.29, 1.82) is 0 Å². The highest BCUT2D eigenvalue weighted by Gasteiger charge is 2.28. The summed E-state index contributed by atoms with van der Waals surface area (Å²) in [5.74, 6) is 1.11. The molecule has 0 atom stereocenters. The fraction of sp³-hybridized carbons (Fsp3) is 0.125. The minimum Gasteiger partial charge on any atom is -0.495 e. The second-order valence-corrected chi connectivity index (χ2v) is 7.55. The highest BCUT2D eigenvalue weighted by molar-refractivity contribution is 6.37. The summed E-state index contributed by atoms with van der Waals surface area (Å²) in [7, 11) is 1.59. The summed E-state index contributed by atoms with van der Waals surface area (Å²) < 4.78 is 5.35. The Hall–Kier alpha value is -4.33. The van der Waals surface area contributed by atoms with Crippen molar-refractivity contribution in [3.63, 3.8) is 0 Å². The summed E-state index contributed by atoms with van der Waals surface area (Å²) in [6.07, 6.45) is 3.54. The number of hydrogen-bond donors (Lipinski definition) is 4. The van der Waals surface area contributed by atoms with Crippen LogP contribution in [0.4, 0.5) is 11.6 Å². The summed E-state index contributed by atoms with van der Waals surface area (Å²) in [5.41, 5.74) is 5.93. The van der Waals surface area contributed by atoms with Crippen molar-refractivity contribution in [2.75, 3.05) is 17.7 Å². The predicted octanol–water partition coefficient (Wildman–Crippen LogP) is 4.21. The second-order valence-electron chi connectivity index (χ2n) is 7.55. The molecule has 8 heteroatoms. The lowest BCUT2D eigenvalue weighted by atomic mass is 10.0. The summed E-state index contributed by atoms with van der Waals surface area (Å²) in [6.45, 7) is 2.09. The van der Waals surface area contributed by atoms with Crippen LogP contribution < -0.4 is 15.4 Å². The van der Waals surface area contributed by atoms with Crippen molar-refractivity contribution in [3.8, 4) is 5.75 Å². The van der Waals surface area contributed by atoms with Crippen LogP contribution in [0.5, 0.6) is 5.75 Å². The molecule has 0 aliphatic carbocycles. The van der Waals surface area contributed by atoms with Gasteiger partial charge < -0.3 is 25.3 Å². The van der Waals surface area contributed by atoms with Crippen LogP contribution in [0.3, 0.4) is 0 Å². The number of carbonyl (C=O) groups is 2. The molecular weight excluding hydrogens is 406 g/mol. The van der Waals surface area contributed by atoms with E-state index in [1.54, 1.807) is 32.4 Å². The highest BCUT2D eigenvalue weighted by atomic mass is 16.5. The fourth-order valence-electron chi connectivity index (χ4n) is 3.82. The van der Waals surface area contributed by atoms with E-state index in [-0.39, 0.29) is 11.7 Å². The summed E-state index contributed by atoms with van der Waals surface area (Å²) >= 11 is 0. The molecule has 4 aromatic rings. The number of anilines is 2. The van der Waals surface area contributed by atoms with Crippen LogP contribution in [0.1, 0.15) is 34.1 Å². The number of ether oxygens (including phenoxy) is 1. The zero-order chi connectivity index (χ0) is 22.2. The van der Waals surface area contributed by atoms with E-state index in [0.717, 1.165) is 22.3 Å². The van der Waals surface area contributed by atoms with E-state index in [1.807, 2.05) is 36.4 Å². The van der Waals surface area contributed by atoms with Gasteiger partial charge in [0.15, 0.2) is 5.78 Å². The Kier molecular flexibility index (Phi) is 4.74. The van der Waals surface area contributed by atoms with Crippen LogP contribution >= 0.6 is 0 Å². The molecule has 0 unspecified atom stereocenters. The molecule has 3 heterocycles. The molecule has 0 saturated heterocycles. The van der Waals surface area contributed by atoms with Gasteiger partial charge in [-0.3, -0.25) is 9.59 Å². The third-order valence-electron chi connectivity index (χ3n) is 5.48. The lowest BCUT2D eigenvalue weighted by Gasteiger charge is -2.04. The number of rotatable bonds is 6. The van der Waals surface area contributed by atoms with Crippen LogP contribution in [0.2, 0.25) is 0 Å². The van der Waals surface area contributed by atoms with E-state index in [9.17, 15) is 9.59 Å². The maximum absolute atomic E-state index is 12.7. The van der Waals surface area contributed by atoms with Gasteiger partial charge in [-0.25, -0.2) is 4.98 Å². The van der Waals surface area contributed by atoms with Crippen molar-refractivity contribution in [1.82, 2.24) is 15.0 Å². The first kappa shape index (κ1) is 19.6. The number of H-pyrrole nitrogens is 2. The van der Waals surface area contributed by atoms with Crippen molar-refractivity contribution in [3.05, 3.63) is 71.0 Å². The van der Waals surface area contributed by atoms with Gasteiger partial charge in [-0.2, -0.15) is 0 Å². The number of carbonyl (C=O) groups excluding carboxylic acids is 2. The van der Waals surface area contributed by atoms with Gasteiger partial charge in [0.05, 0.1) is 29.6 Å². The molecule has 1 aliphatic heterocycles. The molecule has 4 N–H and O–H groups in total. The number of benzene rings is 2. The number of hydrogen-bond acceptors (Lipinski definition) is 5. The molecule has 0 fully saturated rings. The van der Waals surface area contributed by atoms with Crippen LogP contribution in [-0.2, 0) is 11.3 Å². The topological polar surface area (TPSA) is 112 Å². The van der Waals surface area contributed by atoms with Crippen molar-refractivity contribution < 1.29 is 14.3 Å². The average Bonchev–Trinajstić information content (AvgIpc) is 3.49. The van der Waals surface area contributed by atoms with E-state index >= 15 is 0 Å². The van der Waals surface area contributed by atoms with E-state index in [4.69, 9.17) is 9.72 Å². The maximum Gasteiger partial charge on any atom is 0.256 e. The first-order chi connectivity index (χ1) is 15.5. The van der Waals surface area contributed by atoms with Crippen molar-refractivity contribution >= 4 is 46.0 Å². The number of aromatic amines is 2. The van der Waals surface area contributed by atoms with Crippen molar-refractivity contribution in [2.45, 2.75) is 13.5 Å². The van der Waals surface area contributed by atoms with Crippen molar-refractivity contribution in [2.24, 2.45) is 0 Å². The minimum atomic E-state index is -0.188. The Morgan fingerprint density at radius 2 is 1.97 bits per heavy atom. The quantitative estimate of drug-likeness (QED) is 0.272. The molecule has 160 valence electrons. The van der Waals surface area contributed by atoms with E-state index in [2.05, 4.69) is 20.6 Å². The molecule has 1 aliphatic rings. The molecule has 1 amide bonds. The summed E-state index contributed by atoms with van der Waals surface area (Å²) in [6, 6.07) is 13.0. The normalized spacial score (nSPS) is 13.9. The van der Waals surface area contributed by atoms with Gasteiger partial charge in [-0.15, -0.1) is 0 Å². The summed E-state index contributed by atoms with van der Waals surface area (Å²) in [4.78, 5) is 35.2. The number of aromatic nitrogens is 3. The van der Waals surface area contributed by atoms with Gasteiger partial charge in [0, 0.05) is 23.9 Å². The zero-order valence-electron chi connectivity index (χ0n) is 17.6. The Bertz CT molecular complexity index is 1380. The number of nitrogens with one attached hydrogen (secondary N) is 4.